The topological polar surface area (TPSA) is 51.9 Å². The Balaban J connectivity index is 1.27. The largest absolute Gasteiger partial charge is 0.361 e. The van der Waals surface area contributed by atoms with Crippen LogP contribution in [-0.2, 0) is 11.2 Å². The molecule has 1 unspecified atom stereocenters. The van der Waals surface area contributed by atoms with Crippen LogP contribution < -0.4 is 0 Å². The number of amides is 1. The summed E-state index contributed by atoms with van der Waals surface area (Å²) < 4.78 is 0. The molecule has 0 fully saturated rings. The molecule has 1 aliphatic heterocycles. The van der Waals surface area contributed by atoms with Gasteiger partial charge in [-0.15, -0.1) is 0 Å². The third-order valence-electron chi connectivity index (χ3n) is 6.73. The zero-order valence-corrected chi connectivity index (χ0v) is 17.3. The molecule has 4 nitrogen and oxygen atoms in total. The predicted octanol–water partition coefficient (Wildman–Crippen LogP) is 5.65. The van der Waals surface area contributed by atoms with Crippen LogP contribution in [0.4, 0.5) is 0 Å². The lowest BCUT2D eigenvalue weighted by molar-refractivity contribution is -0.132. The van der Waals surface area contributed by atoms with Crippen LogP contribution in [0.2, 0.25) is 5.02 Å². The number of aromatic amines is 2. The van der Waals surface area contributed by atoms with Crippen molar-refractivity contribution in [2.45, 2.75) is 25.2 Å². The quantitative estimate of drug-likeness (QED) is 0.436. The maximum Gasteiger partial charge on any atom is 0.230 e. The SMILES string of the molecule is O=C(C1CCc2ccc3[nH]ccc3c21)N1CC=C(c2c[nH]c3cc(Cl)ccc23)CC1. The summed E-state index contributed by atoms with van der Waals surface area (Å²) in [7, 11) is 0. The molecule has 2 aliphatic rings. The zero-order valence-electron chi connectivity index (χ0n) is 16.5. The second-order valence-corrected chi connectivity index (χ2v) is 8.76. The zero-order chi connectivity index (χ0) is 20.2. The van der Waals surface area contributed by atoms with Crippen molar-refractivity contribution in [2.75, 3.05) is 13.1 Å². The van der Waals surface area contributed by atoms with E-state index in [1.165, 1.54) is 33.0 Å². The molecule has 1 amide bonds. The Hall–Kier alpha value is -2.98. The fraction of sp³-hybridized carbons (Fsp3) is 0.240. The van der Waals surface area contributed by atoms with Gasteiger partial charge in [-0.25, -0.2) is 0 Å². The van der Waals surface area contributed by atoms with Gasteiger partial charge in [-0.3, -0.25) is 4.79 Å². The van der Waals surface area contributed by atoms with Gasteiger partial charge in [0.05, 0.1) is 5.92 Å². The Bertz CT molecular complexity index is 1330. The maximum absolute atomic E-state index is 13.4. The molecule has 2 aromatic carbocycles. The third kappa shape index (κ3) is 2.71. The summed E-state index contributed by atoms with van der Waals surface area (Å²) in [5.74, 6) is 0.244. The minimum Gasteiger partial charge on any atom is -0.361 e. The van der Waals surface area contributed by atoms with Crippen LogP contribution in [0.1, 0.15) is 35.4 Å². The fourth-order valence-corrected chi connectivity index (χ4v) is 5.39. The molecule has 1 aliphatic carbocycles. The average Bonchev–Trinajstić information content (AvgIpc) is 3.49. The lowest BCUT2D eigenvalue weighted by Crippen LogP contribution is -2.37. The smallest absolute Gasteiger partial charge is 0.230 e. The first kappa shape index (κ1) is 17.8. The molecule has 3 heterocycles. The first-order valence-corrected chi connectivity index (χ1v) is 10.9. The van der Waals surface area contributed by atoms with Gasteiger partial charge in [0.2, 0.25) is 5.91 Å². The molecule has 2 aromatic heterocycles. The van der Waals surface area contributed by atoms with Crippen molar-refractivity contribution < 1.29 is 4.79 Å². The lowest BCUT2D eigenvalue weighted by Gasteiger charge is -2.29. The molecule has 0 radical (unpaired) electrons. The summed E-state index contributed by atoms with van der Waals surface area (Å²) in [6.45, 7) is 1.43. The fourth-order valence-electron chi connectivity index (χ4n) is 5.22. The van der Waals surface area contributed by atoms with Gasteiger partial charge in [-0.05, 0) is 60.2 Å². The van der Waals surface area contributed by atoms with Gasteiger partial charge in [-0.1, -0.05) is 29.8 Å². The molecule has 1 atom stereocenters. The van der Waals surface area contributed by atoms with E-state index in [-0.39, 0.29) is 11.8 Å². The van der Waals surface area contributed by atoms with E-state index < -0.39 is 0 Å². The van der Waals surface area contributed by atoms with Crippen molar-refractivity contribution >= 4 is 44.9 Å². The maximum atomic E-state index is 13.4. The van der Waals surface area contributed by atoms with E-state index in [4.69, 9.17) is 11.6 Å². The van der Waals surface area contributed by atoms with Crippen molar-refractivity contribution in [3.05, 3.63) is 76.6 Å². The first-order valence-electron chi connectivity index (χ1n) is 10.5. The summed E-state index contributed by atoms with van der Waals surface area (Å²) in [5, 5.41) is 3.12. The normalized spacial score (nSPS) is 18.8. The minimum atomic E-state index is -0.0234. The molecule has 2 N–H and O–H groups in total. The summed E-state index contributed by atoms with van der Waals surface area (Å²) in [6, 6.07) is 12.4. The second-order valence-electron chi connectivity index (χ2n) is 8.32. The number of rotatable bonds is 2. The second kappa shape index (κ2) is 6.78. The van der Waals surface area contributed by atoms with Crippen molar-refractivity contribution in [1.29, 1.82) is 0 Å². The summed E-state index contributed by atoms with van der Waals surface area (Å²) >= 11 is 6.11. The van der Waals surface area contributed by atoms with Gasteiger partial charge in [0.15, 0.2) is 0 Å². The van der Waals surface area contributed by atoms with Crippen molar-refractivity contribution in [3.8, 4) is 0 Å². The van der Waals surface area contributed by atoms with Gasteiger partial charge in [0.25, 0.3) is 0 Å². The number of nitrogens with zero attached hydrogens (tertiary/aromatic N) is 1. The number of hydrogen-bond donors (Lipinski definition) is 2. The number of halogens is 1. The molecule has 0 saturated heterocycles. The molecular formula is C25H22ClN3O. The highest BCUT2D eigenvalue weighted by Crippen LogP contribution is 2.40. The monoisotopic (exact) mass is 415 g/mol. The van der Waals surface area contributed by atoms with Gasteiger partial charge in [-0.2, -0.15) is 0 Å². The summed E-state index contributed by atoms with van der Waals surface area (Å²) in [6.07, 6.45) is 9.00. The van der Waals surface area contributed by atoms with Gasteiger partial charge in [0, 0.05) is 57.9 Å². The highest BCUT2D eigenvalue weighted by Gasteiger charge is 2.34. The first-order chi connectivity index (χ1) is 14.7. The van der Waals surface area contributed by atoms with E-state index in [2.05, 4.69) is 46.5 Å². The van der Waals surface area contributed by atoms with Crippen molar-refractivity contribution in [2.24, 2.45) is 0 Å². The van der Waals surface area contributed by atoms with E-state index in [1.807, 2.05) is 23.2 Å². The number of aryl methyl sites for hydroxylation is 1. The Morgan fingerprint density at radius 3 is 2.83 bits per heavy atom. The van der Waals surface area contributed by atoms with Crippen LogP contribution in [0, 0.1) is 0 Å². The van der Waals surface area contributed by atoms with Gasteiger partial charge >= 0.3 is 0 Å². The van der Waals surface area contributed by atoms with E-state index in [0.717, 1.165) is 41.9 Å². The number of hydrogen-bond acceptors (Lipinski definition) is 1. The Morgan fingerprint density at radius 2 is 1.97 bits per heavy atom. The molecule has 5 heteroatoms. The average molecular weight is 416 g/mol. The molecule has 6 rings (SSSR count). The molecule has 0 bridgehead atoms. The van der Waals surface area contributed by atoms with Gasteiger partial charge < -0.3 is 14.9 Å². The standard InChI is InChI=1S/C25H22ClN3O/c26-17-3-5-18-21(14-28-23(18)13-17)15-8-11-29(12-9-15)25(30)20-4-1-16-2-6-22-19(24(16)20)7-10-27-22/h2-3,5-8,10,13-14,20,27-28H,1,4,9,11-12H2. The number of aromatic nitrogens is 2. The van der Waals surface area contributed by atoms with Gasteiger partial charge in [0.1, 0.15) is 0 Å². The van der Waals surface area contributed by atoms with Crippen LogP contribution in [0.5, 0.6) is 0 Å². The number of H-pyrrole nitrogens is 2. The van der Waals surface area contributed by atoms with Crippen LogP contribution in [0.25, 0.3) is 27.4 Å². The Labute approximate surface area is 179 Å². The molecule has 4 aromatic rings. The van der Waals surface area contributed by atoms with E-state index in [0.29, 0.717) is 6.54 Å². The number of carbonyl (C=O) groups excluding carboxylic acids is 1. The summed E-state index contributed by atoms with van der Waals surface area (Å²) in [4.78, 5) is 22.1. The third-order valence-corrected chi connectivity index (χ3v) is 6.96. The minimum absolute atomic E-state index is 0.0234. The van der Waals surface area contributed by atoms with Crippen molar-refractivity contribution in [1.82, 2.24) is 14.9 Å². The van der Waals surface area contributed by atoms with Crippen LogP contribution in [0.3, 0.4) is 0 Å². The predicted molar refractivity (Wildman–Crippen MR) is 122 cm³/mol. The molecular weight excluding hydrogens is 394 g/mol. The molecule has 30 heavy (non-hydrogen) atoms. The lowest BCUT2D eigenvalue weighted by atomic mass is 9.94. The summed E-state index contributed by atoms with van der Waals surface area (Å²) in [5.41, 5.74) is 7.25. The van der Waals surface area contributed by atoms with E-state index in [9.17, 15) is 4.79 Å². The Kier molecular flexibility index (Phi) is 4.03. The Morgan fingerprint density at radius 1 is 1.03 bits per heavy atom. The van der Waals surface area contributed by atoms with Crippen molar-refractivity contribution in [3.63, 3.8) is 0 Å². The number of nitrogens with one attached hydrogen (secondary N) is 2. The highest BCUT2D eigenvalue weighted by molar-refractivity contribution is 6.31. The number of fused-ring (bicyclic) bond motifs is 4. The number of carbonyl (C=O) groups is 1. The van der Waals surface area contributed by atoms with E-state index in [1.54, 1.807) is 0 Å². The van der Waals surface area contributed by atoms with Crippen LogP contribution >= 0.6 is 11.6 Å². The molecule has 0 spiro atoms. The van der Waals surface area contributed by atoms with Crippen LogP contribution in [0.15, 0.2) is 54.9 Å². The molecule has 150 valence electrons. The van der Waals surface area contributed by atoms with Crippen LogP contribution in [-0.4, -0.2) is 33.9 Å². The highest BCUT2D eigenvalue weighted by atomic mass is 35.5. The number of benzene rings is 2. The van der Waals surface area contributed by atoms with E-state index >= 15 is 0 Å². The molecule has 0 saturated carbocycles.